The highest BCUT2D eigenvalue weighted by molar-refractivity contribution is 6.05. The van der Waals surface area contributed by atoms with Crippen molar-refractivity contribution in [3.05, 3.63) is 59.7 Å². The van der Waals surface area contributed by atoms with Gasteiger partial charge in [0.15, 0.2) is 6.61 Å². The van der Waals surface area contributed by atoms with E-state index < -0.39 is 41.7 Å². The highest BCUT2D eigenvalue weighted by Crippen LogP contribution is 2.31. The molecule has 140 valence electrons. The Bertz CT molecular complexity index is 896. The van der Waals surface area contributed by atoms with E-state index >= 15 is 0 Å². The first-order chi connectivity index (χ1) is 12.9. The third kappa shape index (κ3) is 3.79. The smallest absolute Gasteiger partial charge is 0.344 e. The van der Waals surface area contributed by atoms with Crippen LogP contribution in [0.1, 0.15) is 23.7 Å². The van der Waals surface area contributed by atoms with Crippen LogP contribution in [0.25, 0.3) is 0 Å². The van der Waals surface area contributed by atoms with E-state index in [2.05, 4.69) is 5.32 Å². The lowest BCUT2D eigenvalue weighted by Gasteiger charge is -2.27. The monoisotopic (exact) mass is 374 g/mol. The molecular weight excluding hydrogens is 358 g/mol. The molecule has 0 saturated heterocycles. The molecule has 1 N–H and O–H groups in total. The Labute approximate surface area is 153 Å². The molecule has 1 heterocycles. The van der Waals surface area contributed by atoms with Crippen LogP contribution in [-0.2, 0) is 14.3 Å². The van der Waals surface area contributed by atoms with Crippen molar-refractivity contribution in [1.29, 1.82) is 0 Å². The third-order valence-corrected chi connectivity index (χ3v) is 4.12. The van der Waals surface area contributed by atoms with Gasteiger partial charge in [-0.25, -0.2) is 13.6 Å². The second kappa shape index (κ2) is 7.53. The molecule has 0 fully saturated rings. The molecule has 27 heavy (non-hydrogen) atoms. The normalized spacial score (nSPS) is 16.2. The molecule has 2 aromatic carbocycles. The largest absolute Gasteiger partial charge is 0.452 e. The average molecular weight is 374 g/mol. The molecule has 0 unspecified atom stereocenters. The summed E-state index contributed by atoms with van der Waals surface area (Å²) in [4.78, 5) is 37.9. The highest BCUT2D eigenvalue weighted by atomic mass is 19.1. The zero-order valence-corrected chi connectivity index (χ0v) is 14.4. The molecule has 0 aromatic heterocycles. The van der Waals surface area contributed by atoms with Crippen molar-refractivity contribution < 1.29 is 27.9 Å². The fourth-order valence-corrected chi connectivity index (χ4v) is 2.93. The van der Waals surface area contributed by atoms with Gasteiger partial charge in [-0.1, -0.05) is 18.2 Å². The van der Waals surface area contributed by atoms with Gasteiger partial charge in [-0.3, -0.25) is 9.59 Å². The van der Waals surface area contributed by atoms with E-state index in [0.29, 0.717) is 11.4 Å². The second-order valence-corrected chi connectivity index (χ2v) is 6.06. The summed E-state index contributed by atoms with van der Waals surface area (Å²) >= 11 is 0. The number of benzene rings is 2. The maximum absolute atomic E-state index is 13.7. The number of fused-ring (bicyclic) bond motifs is 1. The summed E-state index contributed by atoms with van der Waals surface area (Å²) in [6, 6.07) is 9.16. The lowest BCUT2D eigenvalue weighted by molar-refractivity contribution is -0.122. The van der Waals surface area contributed by atoms with Crippen LogP contribution >= 0.6 is 0 Å². The number of halogens is 2. The van der Waals surface area contributed by atoms with Gasteiger partial charge in [0.05, 0.1) is 11.4 Å². The minimum absolute atomic E-state index is 0.0519. The molecule has 0 saturated carbocycles. The molecule has 1 aliphatic heterocycles. The van der Waals surface area contributed by atoms with Crippen LogP contribution in [0.2, 0.25) is 0 Å². The first-order valence-electron chi connectivity index (χ1n) is 8.20. The number of amides is 2. The Morgan fingerprint density at radius 2 is 1.81 bits per heavy atom. The Morgan fingerprint density at radius 3 is 2.52 bits per heavy atom. The number of ether oxygens (including phenoxy) is 1. The Hall–Kier alpha value is -3.29. The summed E-state index contributed by atoms with van der Waals surface area (Å²) in [6.07, 6.45) is 0.0519. The van der Waals surface area contributed by atoms with Crippen molar-refractivity contribution in [3.8, 4) is 0 Å². The third-order valence-electron chi connectivity index (χ3n) is 4.12. The molecule has 8 heteroatoms. The average Bonchev–Trinajstić information content (AvgIpc) is 2.73. The van der Waals surface area contributed by atoms with E-state index in [-0.39, 0.29) is 12.3 Å². The molecule has 6 nitrogen and oxygen atoms in total. The number of esters is 1. The van der Waals surface area contributed by atoms with E-state index in [0.717, 1.165) is 18.2 Å². The summed E-state index contributed by atoms with van der Waals surface area (Å²) in [6.45, 7) is 0.956. The number of anilines is 2. The van der Waals surface area contributed by atoms with Crippen LogP contribution in [0.15, 0.2) is 42.5 Å². The second-order valence-electron chi connectivity index (χ2n) is 6.06. The summed E-state index contributed by atoms with van der Waals surface area (Å²) in [5.41, 5.74) is 0.0482. The summed E-state index contributed by atoms with van der Waals surface area (Å²) in [7, 11) is 0. The molecule has 1 aliphatic rings. The number of carbonyl (C=O) groups excluding carboxylic acids is 3. The highest BCUT2D eigenvalue weighted by Gasteiger charge is 2.30. The number of hydrogen-bond acceptors (Lipinski definition) is 4. The van der Waals surface area contributed by atoms with E-state index in [1.54, 1.807) is 31.2 Å². The minimum atomic E-state index is -1.27. The van der Waals surface area contributed by atoms with Gasteiger partial charge in [0.1, 0.15) is 17.2 Å². The van der Waals surface area contributed by atoms with Crippen molar-refractivity contribution >= 4 is 29.2 Å². The Morgan fingerprint density at radius 1 is 1.15 bits per heavy atom. The summed E-state index contributed by atoms with van der Waals surface area (Å²) in [5.74, 6) is -4.29. The van der Waals surface area contributed by atoms with Gasteiger partial charge in [-0.05, 0) is 31.2 Å². The van der Waals surface area contributed by atoms with Crippen molar-refractivity contribution in [2.24, 2.45) is 0 Å². The lowest BCUT2D eigenvalue weighted by Crippen LogP contribution is -2.41. The fourth-order valence-electron chi connectivity index (χ4n) is 2.93. The van der Waals surface area contributed by atoms with Crippen LogP contribution in [0.4, 0.5) is 20.2 Å². The van der Waals surface area contributed by atoms with E-state index in [9.17, 15) is 23.2 Å². The molecular formula is C19H16F2N2O4. The van der Waals surface area contributed by atoms with Crippen molar-refractivity contribution in [2.75, 3.05) is 16.8 Å². The van der Waals surface area contributed by atoms with Gasteiger partial charge in [-0.2, -0.15) is 0 Å². The predicted molar refractivity (Wildman–Crippen MR) is 93.3 cm³/mol. The van der Waals surface area contributed by atoms with Gasteiger partial charge in [0, 0.05) is 12.5 Å². The van der Waals surface area contributed by atoms with Crippen LogP contribution in [0.5, 0.6) is 0 Å². The van der Waals surface area contributed by atoms with Gasteiger partial charge in [0.25, 0.3) is 5.91 Å². The van der Waals surface area contributed by atoms with Crippen molar-refractivity contribution in [2.45, 2.75) is 19.4 Å². The number of para-hydroxylation sites is 2. The molecule has 0 bridgehead atoms. The SMILES string of the molecule is C[C@H]1CC(=O)Nc2ccccc2N1C(=O)COC(=O)c1c(F)cccc1F. The molecule has 2 aromatic rings. The van der Waals surface area contributed by atoms with E-state index in [1.165, 1.54) is 4.90 Å². The van der Waals surface area contributed by atoms with E-state index in [1.807, 2.05) is 0 Å². The first-order valence-corrected chi connectivity index (χ1v) is 8.20. The molecule has 0 radical (unpaired) electrons. The molecule has 0 spiro atoms. The van der Waals surface area contributed by atoms with Gasteiger partial charge < -0.3 is 15.0 Å². The maximum Gasteiger partial charge on any atom is 0.344 e. The quantitative estimate of drug-likeness (QED) is 0.839. The molecule has 3 rings (SSSR count). The zero-order valence-electron chi connectivity index (χ0n) is 14.4. The summed E-state index contributed by atoms with van der Waals surface area (Å²) < 4.78 is 32.1. The number of carbonyl (C=O) groups is 3. The minimum Gasteiger partial charge on any atom is -0.452 e. The zero-order chi connectivity index (χ0) is 19.6. The summed E-state index contributed by atoms with van der Waals surface area (Å²) in [5, 5.41) is 2.70. The Balaban J connectivity index is 1.79. The topological polar surface area (TPSA) is 75.7 Å². The van der Waals surface area contributed by atoms with Gasteiger partial charge >= 0.3 is 5.97 Å². The number of nitrogens with one attached hydrogen (secondary N) is 1. The van der Waals surface area contributed by atoms with Crippen LogP contribution in [-0.4, -0.2) is 30.4 Å². The molecule has 0 aliphatic carbocycles. The fraction of sp³-hybridized carbons (Fsp3) is 0.211. The van der Waals surface area contributed by atoms with Crippen LogP contribution in [0.3, 0.4) is 0 Å². The predicted octanol–water partition coefficient (Wildman–Crippen LogP) is 2.89. The maximum atomic E-state index is 13.7. The number of nitrogens with zero attached hydrogens (tertiary/aromatic N) is 1. The lowest BCUT2D eigenvalue weighted by atomic mass is 10.1. The van der Waals surface area contributed by atoms with Gasteiger partial charge in [-0.15, -0.1) is 0 Å². The first kappa shape index (κ1) is 18.5. The van der Waals surface area contributed by atoms with Crippen LogP contribution in [0, 0.1) is 11.6 Å². The number of hydrogen-bond donors (Lipinski definition) is 1. The standard InChI is InChI=1S/C19H16F2N2O4/c1-11-9-16(24)22-14-7-2-3-8-15(14)23(11)17(25)10-27-19(26)18-12(20)5-4-6-13(18)21/h2-8,11H,9-10H2,1H3,(H,22,24)/t11-/m0/s1. The van der Waals surface area contributed by atoms with E-state index in [4.69, 9.17) is 4.74 Å². The molecule has 2 amide bonds. The number of rotatable bonds is 3. The van der Waals surface area contributed by atoms with Crippen LogP contribution < -0.4 is 10.2 Å². The molecule has 1 atom stereocenters. The van der Waals surface area contributed by atoms with Crippen molar-refractivity contribution in [3.63, 3.8) is 0 Å². The van der Waals surface area contributed by atoms with Crippen molar-refractivity contribution in [1.82, 2.24) is 0 Å². The van der Waals surface area contributed by atoms with Gasteiger partial charge in [0.2, 0.25) is 5.91 Å². The Kier molecular flexibility index (Phi) is 5.16.